The summed E-state index contributed by atoms with van der Waals surface area (Å²) in [7, 11) is 0. The van der Waals surface area contributed by atoms with Gasteiger partial charge in [0.1, 0.15) is 11.5 Å². The molecule has 0 spiro atoms. The molecule has 1 aromatic carbocycles. The van der Waals surface area contributed by atoms with E-state index in [-0.39, 0.29) is 10.9 Å². The van der Waals surface area contributed by atoms with Crippen molar-refractivity contribution < 1.29 is 4.39 Å². The lowest BCUT2D eigenvalue weighted by molar-refractivity contribution is 0.629. The molecule has 0 radical (unpaired) electrons. The van der Waals surface area contributed by atoms with Gasteiger partial charge in [-0.25, -0.2) is 14.4 Å². The lowest BCUT2D eigenvalue weighted by Gasteiger charge is -2.01. The molecule has 0 aliphatic rings. The maximum Gasteiger partial charge on any atom is 0.259 e. The summed E-state index contributed by atoms with van der Waals surface area (Å²) in [6, 6.07) is 3.92. The fourth-order valence-electron chi connectivity index (χ4n) is 1.82. The monoisotopic (exact) mass is 244 g/mol. The van der Waals surface area contributed by atoms with Crippen molar-refractivity contribution >= 4 is 10.9 Å². The van der Waals surface area contributed by atoms with Gasteiger partial charge in [-0.3, -0.25) is 4.79 Å². The minimum Gasteiger partial charge on any atom is -0.348 e. The topological polar surface area (TPSA) is 74.4 Å². The summed E-state index contributed by atoms with van der Waals surface area (Å²) < 4.78 is 13.1. The van der Waals surface area contributed by atoms with Crippen LogP contribution in [0.3, 0.4) is 0 Å². The van der Waals surface area contributed by atoms with Gasteiger partial charge in [-0.2, -0.15) is 0 Å². The number of benzene rings is 1. The number of nitrogens with zero attached hydrogens (tertiary/aromatic N) is 2. The van der Waals surface area contributed by atoms with Crippen LogP contribution < -0.4 is 5.56 Å². The number of hydrogen-bond donors (Lipinski definition) is 2. The van der Waals surface area contributed by atoms with Gasteiger partial charge in [0, 0.05) is 5.69 Å². The Bertz CT molecular complexity index is 790. The van der Waals surface area contributed by atoms with Crippen LogP contribution in [0.15, 0.2) is 29.3 Å². The van der Waals surface area contributed by atoms with Crippen LogP contribution in [0.5, 0.6) is 0 Å². The number of aromatic nitrogens is 4. The summed E-state index contributed by atoms with van der Waals surface area (Å²) >= 11 is 0. The molecule has 0 aliphatic carbocycles. The SMILES string of the molecule is Cc1[nH]cnc1-c1nc2ccc(F)cc2c(=O)[nH]1. The summed E-state index contributed by atoms with van der Waals surface area (Å²) in [4.78, 5) is 25.7. The number of aryl methyl sites for hydroxylation is 1. The van der Waals surface area contributed by atoms with Crippen LogP contribution in [0.1, 0.15) is 5.69 Å². The zero-order chi connectivity index (χ0) is 12.7. The second kappa shape index (κ2) is 3.76. The van der Waals surface area contributed by atoms with Crippen molar-refractivity contribution in [1.29, 1.82) is 0 Å². The second-order valence-electron chi connectivity index (χ2n) is 3.95. The number of H-pyrrole nitrogens is 2. The van der Waals surface area contributed by atoms with E-state index >= 15 is 0 Å². The van der Waals surface area contributed by atoms with Gasteiger partial charge in [0.25, 0.3) is 5.56 Å². The average Bonchev–Trinajstić information content (AvgIpc) is 2.76. The van der Waals surface area contributed by atoms with Crippen LogP contribution >= 0.6 is 0 Å². The molecule has 0 aliphatic heterocycles. The summed E-state index contributed by atoms with van der Waals surface area (Å²) in [5.74, 6) is -0.0867. The van der Waals surface area contributed by atoms with E-state index in [4.69, 9.17) is 0 Å². The Morgan fingerprint density at radius 2 is 2.17 bits per heavy atom. The highest BCUT2D eigenvalue weighted by Gasteiger charge is 2.10. The maximum atomic E-state index is 13.1. The largest absolute Gasteiger partial charge is 0.348 e. The van der Waals surface area contributed by atoms with Crippen LogP contribution in [0.2, 0.25) is 0 Å². The van der Waals surface area contributed by atoms with Crippen LogP contribution in [0.4, 0.5) is 4.39 Å². The van der Waals surface area contributed by atoms with Gasteiger partial charge in [-0.05, 0) is 25.1 Å². The van der Waals surface area contributed by atoms with Gasteiger partial charge >= 0.3 is 0 Å². The quantitative estimate of drug-likeness (QED) is 0.685. The molecule has 0 saturated heterocycles. The van der Waals surface area contributed by atoms with Gasteiger partial charge in [0.15, 0.2) is 5.82 Å². The van der Waals surface area contributed by atoms with E-state index in [2.05, 4.69) is 19.9 Å². The predicted octanol–water partition coefficient (Wildman–Crippen LogP) is 1.76. The number of nitrogens with one attached hydrogen (secondary N) is 2. The third kappa shape index (κ3) is 1.58. The van der Waals surface area contributed by atoms with Crippen molar-refractivity contribution in [2.75, 3.05) is 0 Å². The van der Waals surface area contributed by atoms with Crippen molar-refractivity contribution in [1.82, 2.24) is 19.9 Å². The predicted molar refractivity (Wildman–Crippen MR) is 64.6 cm³/mol. The number of hydrogen-bond acceptors (Lipinski definition) is 3. The van der Waals surface area contributed by atoms with Crippen molar-refractivity contribution in [3.8, 4) is 11.5 Å². The minimum atomic E-state index is -0.460. The van der Waals surface area contributed by atoms with E-state index in [0.29, 0.717) is 17.0 Å². The zero-order valence-electron chi connectivity index (χ0n) is 9.49. The van der Waals surface area contributed by atoms with Crippen LogP contribution in [-0.2, 0) is 0 Å². The maximum absolute atomic E-state index is 13.1. The molecule has 90 valence electrons. The fourth-order valence-corrected chi connectivity index (χ4v) is 1.82. The lowest BCUT2D eigenvalue weighted by Crippen LogP contribution is -2.10. The number of halogens is 1. The summed E-state index contributed by atoms with van der Waals surface area (Å²) in [5, 5.41) is 0.229. The highest BCUT2D eigenvalue weighted by atomic mass is 19.1. The molecule has 2 N–H and O–H groups in total. The fraction of sp³-hybridized carbons (Fsp3) is 0.0833. The Hall–Kier alpha value is -2.50. The van der Waals surface area contributed by atoms with E-state index in [1.54, 1.807) is 0 Å². The number of aromatic amines is 2. The molecule has 5 nitrogen and oxygen atoms in total. The average molecular weight is 244 g/mol. The highest BCUT2D eigenvalue weighted by molar-refractivity contribution is 5.79. The van der Waals surface area contributed by atoms with Crippen molar-refractivity contribution in [3.05, 3.63) is 46.4 Å². The first-order valence-electron chi connectivity index (χ1n) is 5.35. The molecule has 3 aromatic rings. The molecule has 0 amide bonds. The molecule has 0 atom stereocenters. The smallest absolute Gasteiger partial charge is 0.259 e. The Labute approximate surface area is 101 Å². The molecule has 0 bridgehead atoms. The molecule has 2 aromatic heterocycles. The van der Waals surface area contributed by atoms with Crippen molar-refractivity contribution in [3.63, 3.8) is 0 Å². The van der Waals surface area contributed by atoms with E-state index in [9.17, 15) is 9.18 Å². The molecule has 0 unspecified atom stereocenters. The van der Waals surface area contributed by atoms with E-state index in [0.717, 1.165) is 5.69 Å². The normalized spacial score (nSPS) is 11.0. The van der Waals surface area contributed by atoms with Gasteiger partial charge in [0.2, 0.25) is 0 Å². The van der Waals surface area contributed by atoms with Gasteiger partial charge in [-0.1, -0.05) is 0 Å². The van der Waals surface area contributed by atoms with E-state index in [1.807, 2.05) is 6.92 Å². The third-order valence-corrected chi connectivity index (χ3v) is 2.72. The molecule has 0 saturated carbocycles. The van der Waals surface area contributed by atoms with Crippen molar-refractivity contribution in [2.24, 2.45) is 0 Å². The Morgan fingerprint density at radius 3 is 2.89 bits per heavy atom. The van der Waals surface area contributed by atoms with Gasteiger partial charge in [-0.15, -0.1) is 0 Å². The van der Waals surface area contributed by atoms with Gasteiger partial charge in [0.05, 0.1) is 17.2 Å². The molecule has 6 heteroatoms. The van der Waals surface area contributed by atoms with Crippen LogP contribution in [0.25, 0.3) is 22.4 Å². The third-order valence-electron chi connectivity index (χ3n) is 2.72. The molecular weight excluding hydrogens is 235 g/mol. The van der Waals surface area contributed by atoms with E-state index < -0.39 is 5.82 Å². The molecule has 0 fully saturated rings. The summed E-state index contributed by atoms with van der Waals surface area (Å²) in [5.41, 5.74) is 1.45. The summed E-state index contributed by atoms with van der Waals surface area (Å²) in [6.45, 7) is 1.83. The molecule has 2 heterocycles. The first kappa shape index (κ1) is 10.6. The standard InChI is InChI=1S/C12H9FN4O/c1-6-10(15-5-14-6)11-16-9-3-2-7(13)4-8(9)12(18)17-11/h2-5H,1H3,(H,14,15)(H,16,17,18). The Balaban J connectivity index is 2.32. The first-order chi connectivity index (χ1) is 8.65. The minimum absolute atomic E-state index is 0.229. The zero-order valence-corrected chi connectivity index (χ0v) is 9.49. The molecule has 18 heavy (non-hydrogen) atoms. The Morgan fingerprint density at radius 1 is 1.33 bits per heavy atom. The number of fused-ring (bicyclic) bond motifs is 1. The highest BCUT2D eigenvalue weighted by Crippen LogP contribution is 2.16. The Kier molecular flexibility index (Phi) is 2.22. The van der Waals surface area contributed by atoms with E-state index in [1.165, 1.54) is 24.5 Å². The molecule has 3 rings (SSSR count). The van der Waals surface area contributed by atoms with Crippen LogP contribution in [-0.4, -0.2) is 19.9 Å². The lowest BCUT2D eigenvalue weighted by atomic mass is 10.2. The van der Waals surface area contributed by atoms with Gasteiger partial charge < -0.3 is 9.97 Å². The second-order valence-corrected chi connectivity index (χ2v) is 3.95. The van der Waals surface area contributed by atoms with Crippen molar-refractivity contribution in [2.45, 2.75) is 6.92 Å². The van der Waals surface area contributed by atoms with Crippen LogP contribution in [0, 0.1) is 12.7 Å². The summed E-state index contributed by atoms with van der Waals surface area (Å²) in [6.07, 6.45) is 1.53. The number of imidazole rings is 1. The molecular formula is C12H9FN4O. The number of rotatable bonds is 1. The first-order valence-corrected chi connectivity index (χ1v) is 5.35.